The standard InChI is InChI=1S/C12H12Br2N2O2S2/c1-7-4-12(19-11(7)6-15)20(17,18)16-10-5-8(13)2-3-9(10)14/h2-5,16H,6,15H2,1H3. The lowest BCUT2D eigenvalue weighted by Gasteiger charge is -2.08. The lowest BCUT2D eigenvalue weighted by molar-refractivity contribution is 0.603. The zero-order valence-electron chi connectivity index (χ0n) is 10.5. The number of thiophene rings is 1. The number of nitrogens with one attached hydrogen (secondary N) is 1. The number of benzene rings is 1. The smallest absolute Gasteiger partial charge is 0.271 e. The zero-order chi connectivity index (χ0) is 14.9. The van der Waals surface area contributed by atoms with Gasteiger partial charge in [-0.25, -0.2) is 8.42 Å². The molecule has 0 fully saturated rings. The predicted octanol–water partition coefficient (Wildman–Crippen LogP) is 3.84. The van der Waals surface area contributed by atoms with E-state index in [1.807, 2.05) is 13.0 Å². The molecular weight excluding hydrogens is 428 g/mol. The zero-order valence-corrected chi connectivity index (χ0v) is 15.3. The molecule has 1 aromatic heterocycles. The lowest BCUT2D eigenvalue weighted by Crippen LogP contribution is -2.11. The summed E-state index contributed by atoms with van der Waals surface area (Å²) >= 11 is 7.84. The number of sulfonamides is 1. The highest BCUT2D eigenvalue weighted by atomic mass is 79.9. The predicted molar refractivity (Wildman–Crippen MR) is 89.6 cm³/mol. The van der Waals surface area contributed by atoms with Crippen molar-refractivity contribution in [3.63, 3.8) is 0 Å². The van der Waals surface area contributed by atoms with Crippen LogP contribution in [0.25, 0.3) is 0 Å². The highest BCUT2D eigenvalue weighted by Gasteiger charge is 2.19. The van der Waals surface area contributed by atoms with E-state index < -0.39 is 10.0 Å². The van der Waals surface area contributed by atoms with E-state index in [2.05, 4.69) is 36.6 Å². The maximum Gasteiger partial charge on any atom is 0.271 e. The molecule has 1 aromatic carbocycles. The summed E-state index contributed by atoms with van der Waals surface area (Å²) in [4.78, 5) is 0.874. The van der Waals surface area contributed by atoms with Crippen LogP contribution in [0.2, 0.25) is 0 Å². The molecule has 1 heterocycles. The van der Waals surface area contributed by atoms with Gasteiger partial charge in [0.25, 0.3) is 10.0 Å². The fraction of sp³-hybridized carbons (Fsp3) is 0.167. The van der Waals surface area contributed by atoms with E-state index in [9.17, 15) is 8.42 Å². The average Bonchev–Trinajstić information content (AvgIpc) is 2.76. The molecular formula is C12H12Br2N2O2S2. The Kier molecular flexibility index (Phi) is 4.91. The van der Waals surface area contributed by atoms with Gasteiger partial charge in [0.15, 0.2) is 0 Å². The van der Waals surface area contributed by atoms with Gasteiger partial charge in [0.1, 0.15) is 4.21 Å². The second-order valence-electron chi connectivity index (χ2n) is 4.11. The first-order valence-corrected chi connectivity index (χ1v) is 9.49. The quantitative estimate of drug-likeness (QED) is 0.759. The third-order valence-electron chi connectivity index (χ3n) is 2.62. The highest BCUT2D eigenvalue weighted by Crippen LogP contribution is 2.31. The van der Waals surface area contributed by atoms with Crippen molar-refractivity contribution in [1.29, 1.82) is 0 Å². The fourth-order valence-corrected chi connectivity index (χ4v) is 4.97. The Labute approximate surface area is 138 Å². The molecule has 2 aromatic rings. The van der Waals surface area contributed by atoms with E-state index in [-0.39, 0.29) is 4.21 Å². The highest BCUT2D eigenvalue weighted by molar-refractivity contribution is 9.11. The number of rotatable bonds is 4. The Morgan fingerprint density at radius 3 is 2.60 bits per heavy atom. The largest absolute Gasteiger partial charge is 0.326 e. The van der Waals surface area contributed by atoms with Crippen molar-refractivity contribution < 1.29 is 8.42 Å². The molecule has 2 rings (SSSR count). The molecule has 4 nitrogen and oxygen atoms in total. The van der Waals surface area contributed by atoms with E-state index in [1.54, 1.807) is 18.2 Å². The first-order valence-electron chi connectivity index (χ1n) is 5.60. The SMILES string of the molecule is Cc1cc(S(=O)(=O)Nc2cc(Br)ccc2Br)sc1CN. The molecule has 20 heavy (non-hydrogen) atoms. The molecule has 0 saturated carbocycles. The van der Waals surface area contributed by atoms with Gasteiger partial charge in [-0.05, 0) is 52.7 Å². The van der Waals surface area contributed by atoms with Gasteiger partial charge in [0, 0.05) is 20.4 Å². The third-order valence-corrected chi connectivity index (χ3v) is 6.90. The van der Waals surface area contributed by atoms with Crippen molar-refractivity contribution in [3.05, 3.63) is 43.7 Å². The van der Waals surface area contributed by atoms with Crippen molar-refractivity contribution in [2.24, 2.45) is 5.73 Å². The average molecular weight is 440 g/mol. The molecule has 0 spiro atoms. The molecule has 0 saturated heterocycles. The summed E-state index contributed by atoms with van der Waals surface area (Å²) in [5.41, 5.74) is 6.97. The number of hydrogen-bond donors (Lipinski definition) is 2. The maximum atomic E-state index is 12.4. The Balaban J connectivity index is 2.37. The van der Waals surface area contributed by atoms with Gasteiger partial charge in [-0.15, -0.1) is 11.3 Å². The molecule has 0 aliphatic rings. The first-order chi connectivity index (χ1) is 9.33. The Morgan fingerprint density at radius 1 is 1.30 bits per heavy atom. The Hall–Kier alpha value is -0.410. The molecule has 0 radical (unpaired) electrons. The van der Waals surface area contributed by atoms with Crippen molar-refractivity contribution >= 4 is 58.9 Å². The first kappa shape index (κ1) is 16.0. The number of halogens is 2. The monoisotopic (exact) mass is 438 g/mol. The molecule has 0 aliphatic carbocycles. The van der Waals surface area contributed by atoms with Crippen molar-refractivity contribution in [2.45, 2.75) is 17.7 Å². The lowest BCUT2D eigenvalue weighted by atomic mass is 10.3. The van der Waals surface area contributed by atoms with Crippen LogP contribution in [0.1, 0.15) is 10.4 Å². The van der Waals surface area contributed by atoms with Crippen molar-refractivity contribution in [3.8, 4) is 0 Å². The summed E-state index contributed by atoms with van der Waals surface area (Å²) in [6.45, 7) is 2.19. The Bertz CT molecular complexity index is 742. The van der Waals surface area contributed by atoms with Gasteiger partial charge in [-0.1, -0.05) is 15.9 Å². The summed E-state index contributed by atoms with van der Waals surface area (Å²) in [6.07, 6.45) is 0. The van der Waals surface area contributed by atoms with Crippen molar-refractivity contribution in [2.75, 3.05) is 4.72 Å². The molecule has 8 heteroatoms. The third kappa shape index (κ3) is 3.43. The summed E-state index contributed by atoms with van der Waals surface area (Å²) < 4.78 is 29.0. The maximum absolute atomic E-state index is 12.4. The summed E-state index contributed by atoms with van der Waals surface area (Å²) in [5.74, 6) is 0. The Morgan fingerprint density at radius 2 is 2.00 bits per heavy atom. The second-order valence-corrected chi connectivity index (χ2v) is 8.92. The van der Waals surface area contributed by atoms with E-state index in [1.165, 1.54) is 11.3 Å². The molecule has 0 unspecified atom stereocenters. The molecule has 0 amide bonds. The van der Waals surface area contributed by atoms with Crippen LogP contribution in [-0.4, -0.2) is 8.42 Å². The van der Waals surface area contributed by atoms with Crippen LogP contribution in [-0.2, 0) is 16.6 Å². The van der Waals surface area contributed by atoms with Crippen LogP contribution in [0.3, 0.4) is 0 Å². The van der Waals surface area contributed by atoms with Crippen LogP contribution < -0.4 is 10.5 Å². The van der Waals surface area contributed by atoms with Crippen LogP contribution >= 0.6 is 43.2 Å². The molecule has 0 atom stereocenters. The van der Waals surface area contributed by atoms with Gasteiger partial charge < -0.3 is 5.73 Å². The van der Waals surface area contributed by atoms with Gasteiger partial charge in [0.05, 0.1) is 5.69 Å². The molecule has 108 valence electrons. The number of anilines is 1. The minimum Gasteiger partial charge on any atom is -0.326 e. The van der Waals surface area contributed by atoms with Crippen molar-refractivity contribution in [1.82, 2.24) is 0 Å². The minimum absolute atomic E-state index is 0.266. The van der Waals surface area contributed by atoms with Gasteiger partial charge in [0.2, 0.25) is 0 Å². The van der Waals surface area contributed by atoms with E-state index in [4.69, 9.17) is 5.73 Å². The number of hydrogen-bond acceptors (Lipinski definition) is 4. The molecule has 3 N–H and O–H groups in total. The fourth-order valence-electron chi connectivity index (χ4n) is 1.59. The number of aryl methyl sites for hydroxylation is 1. The minimum atomic E-state index is -3.60. The van der Waals surface area contributed by atoms with Crippen LogP contribution in [0.15, 0.2) is 37.4 Å². The van der Waals surface area contributed by atoms with E-state index in [0.29, 0.717) is 16.7 Å². The van der Waals surface area contributed by atoms with Crippen LogP contribution in [0.4, 0.5) is 5.69 Å². The topological polar surface area (TPSA) is 72.2 Å². The van der Waals surface area contributed by atoms with Gasteiger partial charge >= 0.3 is 0 Å². The summed E-state index contributed by atoms with van der Waals surface area (Å²) in [5, 5.41) is 0. The number of nitrogens with two attached hydrogens (primary N) is 1. The molecule has 0 aliphatic heterocycles. The van der Waals surface area contributed by atoms with Crippen LogP contribution in [0, 0.1) is 6.92 Å². The van der Waals surface area contributed by atoms with E-state index in [0.717, 1.165) is 14.9 Å². The summed E-state index contributed by atoms with van der Waals surface area (Å²) in [6, 6.07) is 6.93. The van der Waals surface area contributed by atoms with Gasteiger partial charge in [-0.2, -0.15) is 0 Å². The second kappa shape index (κ2) is 6.15. The van der Waals surface area contributed by atoms with Gasteiger partial charge in [-0.3, -0.25) is 4.72 Å². The van der Waals surface area contributed by atoms with E-state index >= 15 is 0 Å². The summed E-state index contributed by atoms with van der Waals surface area (Å²) in [7, 11) is -3.60. The normalized spacial score (nSPS) is 11.6. The van der Waals surface area contributed by atoms with Crippen LogP contribution in [0.5, 0.6) is 0 Å². The molecule has 0 bridgehead atoms.